The molecule has 0 heterocycles. The highest BCUT2D eigenvalue weighted by molar-refractivity contribution is 6.18. The number of hydrogen-bond donors (Lipinski definition) is 2. The van der Waals surface area contributed by atoms with Gasteiger partial charge < -0.3 is 20.7 Å². The van der Waals surface area contributed by atoms with Gasteiger partial charge in [-0.05, 0) is 48.7 Å². The largest absolute Gasteiger partial charge is 0.464 e. The molecule has 0 aliphatic carbocycles. The monoisotopic (exact) mass is 533 g/mol. The van der Waals surface area contributed by atoms with E-state index in [-0.39, 0.29) is 31.3 Å². The van der Waals surface area contributed by atoms with Crippen molar-refractivity contribution in [2.24, 2.45) is 5.73 Å². The minimum Gasteiger partial charge on any atom is -0.464 e. The van der Waals surface area contributed by atoms with Crippen LogP contribution in [-0.2, 0) is 27.2 Å². The van der Waals surface area contributed by atoms with E-state index in [9.17, 15) is 14.0 Å². The summed E-state index contributed by atoms with van der Waals surface area (Å²) in [5, 5.41) is 2.68. The highest BCUT2D eigenvalue weighted by atomic mass is 35.5. The third-order valence-electron chi connectivity index (χ3n) is 5.04. The van der Waals surface area contributed by atoms with Crippen molar-refractivity contribution in [3.63, 3.8) is 0 Å². The molecule has 0 spiro atoms. The van der Waals surface area contributed by atoms with Gasteiger partial charge in [-0.3, -0.25) is 4.79 Å². The van der Waals surface area contributed by atoms with Crippen LogP contribution in [0.3, 0.4) is 0 Å². The first kappa shape index (κ1) is 30.0. The van der Waals surface area contributed by atoms with Crippen LogP contribution >= 0.6 is 35.6 Å². The third-order valence-corrected chi connectivity index (χ3v) is 5.38. The Morgan fingerprint density at radius 3 is 2.06 bits per heavy atom. The summed E-state index contributed by atoms with van der Waals surface area (Å²) in [6.07, 6.45) is 0.465. The molecule has 0 bridgehead atoms. The lowest BCUT2D eigenvalue weighted by atomic mass is 10.0. The summed E-state index contributed by atoms with van der Waals surface area (Å²) in [5.41, 5.74) is 8.68. The Bertz CT molecular complexity index is 879. The van der Waals surface area contributed by atoms with E-state index in [4.69, 9.17) is 33.7 Å². The molecule has 0 aromatic heterocycles. The molecule has 2 rings (SSSR count). The number of nitrogens with two attached hydrogens (primary N) is 1. The molecule has 0 aliphatic rings. The number of rotatable bonds is 13. The minimum atomic E-state index is -0.920. The molecular weight excluding hydrogens is 504 g/mol. The van der Waals surface area contributed by atoms with E-state index in [1.165, 1.54) is 12.1 Å². The van der Waals surface area contributed by atoms with E-state index >= 15 is 0 Å². The number of alkyl halides is 2. The number of carbonyl (C=O) groups excluding carboxylic acids is 2. The number of nitrogens with zero attached hydrogens (tertiary/aromatic N) is 1. The van der Waals surface area contributed by atoms with Gasteiger partial charge in [0, 0.05) is 37.0 Å². The van der Waals surface area contributed by atoms with Crippen molar-refractivity contribution in [1.29, 1.82) is 0 Å². The molecule has 0 saturated heterocycles. The summed E-state index contributed by atoms with van der Waals surface area (Å²) >= 11 is 11.7. The molecule has 2 aromatic rings. The Morgan fingerprint density at radius 2 is 1.53 bits per heavy atom. The van der Waals surface area contributed by atoms with E-state index in [1.807, 2.05) is 24.3 Å². The topological polar surface area (TPSA) is 84.7 Å². The zero-order chi connectivity index (χ0) is 24.2. The normalized spacial score (nSPS) is 12.3. The maximum atomic E-state index is 13.2. The molecule has 10 heteroatoms. The first-order chi connectivity index (χ1) is 15.9. The summed E-state index contributed by atoms with van der Waals surface area (Å²) in [7, 11) is 0. The molecule has 2 aromatic carbocycles. The molecule has 0 saturated carbocycles. The Hall–Kier alpha value is -2.06. The second kappa shape index (κ2) is 15.8. The Labute approximate surface area is 216 Å². The molecule has 1 amide bonds. The zero-order valence-corrected chi connectivity index (χ0v) is 21.3. The number of amides is 1. The van der Waals surface area contributed by atoms with Gasteiger partial charge >= 0.3 is 5.97 Å². The van der Waals surface area contributed by atoms with E-state index < -0.39 is 24.0 Å². The van der Waals surface area contributed by atoms with E-state index in [0.717, 1.165) is 11.3 Å². The third kappa shape index (κ3) is 9.66. The average molecular weight is 535 g/mol. The van der Waals surface area contributed by atoms with Crippen molar-refractivity contribution in [2.45, 2.75) is 31.8 Å². The number of ether oxygens (including phenoxy) is 1. The fourth-order valence-corrected chi connectivity index (χ4v) is 3.74. The van der Waals surface area contributed by atoms with Gasteiger partial charge in [-0.2, -0.15) is 0 Å². The van der Waals surface area contributed by atoms with Crippen molar-refractivity contribution >= 4 is 53.2 Å². The molecule has 0 radical (unpaired) electrons. The van der Waals surface area contributed by atoms with Crippen molar-refractivity contribution in [3.8, 4) is 0 Å². The smallest absolute Gasteiger partial charge is 0.328 e. The second-order valence-electron chi connectivity index (χ2n) is 7.49. The average Bonchev–Trinajstić information content (AvgIpc) is 2.80. The van der Waals surface area contributed by atoms with Gasteiger partial charge in [-0.15, -0.1) is 35.6 Å². The van der Waals surface area contributed by atoms with Crippen LogP contribution in [0, 0.1) is 5.82 Å². The van der Waals surface area contributed by atoms with Gasteiger partial charge in [0.1, 0.15) is 11.9 Å². The van der Waals surface area contributed by atoms with Gasteiger partial charge in [-0.1, -0.05) is 24.3 Å². The summed E-state index contributed by atoms with van der Waals surface area (Å²) in [4.78, 5) is 27.2. The molecule has 34 heavy (non-hydrogen) atoms. The number of esters is 1. The van der Waals surface area contributed by atoms with Crippen LogP contribution in [0.2, 0.25) is 0 Å². The van der Waals surface area contributed by atoms with Crippen LogP contribution in [0.1, 0.15) is 18.1 Å². The number of benzene rings is 2. The molecule has 2 atom stereocenters. The van der Waals surface area contributed by atoms with Crippen molar-refractivity contribution < 1.29 is 18.7 Å². The molecule has 0 aliphatic heterocycles. The van der Waals surface area contributed by atoms with Gasteiger partial charge in [-0.25, -0.2) is 9.18 Å². The first-order valence-electron chi connectivity index (χ1n) is 10.8. The van der Waals surface area contributed by atoms with Crippen molar-refractivity contribution in [2.75, 3.05) is 36.4 Å². The summed E-state index contributed by atoms with van der Waals surface area (Å²) in [5.74, 6) is -0.431. The van der Waals surface area contributed by atoms with Gasteiger partial charge in [0.15, 0.2) is 0 Å². The lowest BCUT2D eigenvalue weighted by Crippen LogP contribution is -2.50. The maximum Gasteiger partial charge on any atom is 0.328 e. The van der Waals surface area contributed by atoms with E-state index in [0.29, 0.717) is 36.8 Å². The highest BCUT2D eigenvalue weighted by Crippen LogP contribution is 2.16. The van der Waals surface area contributed by atoms with Crippen LogP contribution in [-0.4, -0.2) is 55.4 Å². The van der Waals surface area contributed by atoms with Gasteiger partial charge in [0.2, 0.25) is 5.91 Å². The Kier molecular flexibility index (Phi) is 13.9. The van der Waals surface area contributed by atoms with E-state index in [1.54, 1.807) is 19.1 Å². The standard InChI is InChI=1S/C24H30Cl2FN3O3.ClH/c1-2-33-24(32)22(16-18-3-7-19(27)8-4-18)29-23(31)21(28)15-17-5-9-20(10-6-17)30(13-11-25)14-12-26;/h3-10,21-22H,2,11-16,28H2,1H3,(H,29,31);1H/t21-,22?;/m1./s1. The van der Waals surface area contributed by atoms with Crippen LogP contribution in [0.5, 0.6) is 0 Å². The molecule has 0 fully saturated rings. The summed E-state index contributed by atoms with van der Waals surface area (Å²) in [6.45, 7) is 3.22. The number of nitrogens with one attached hydrogen (secondary N) is 1. The molecule has 188 valence electrons. The number of carbonyl (C=O) groups is 2. The SMILES string of the molecule is CCOC(=O)C(Cc1ccc(F)cc1)NC(=O)[C@H](N)Cc1ccc(N(CCCl)CCCl)cc1.Cl. The van der Waals surface area contributed by atoms with E-state index in [2.05, 4.69) is 10.2 Å². The van der Waals surface area contributed by atoms with Crippen LogP contribution in [0.4, 0.5) is 10.1 Å². The number of hydrogen-bond acceptors (Lipinski definition) is 5. The molecule has 1 unspecified atom stereocenters. The predicted molar refractivity (Wildman–Crippen MR) is 138 cm³/mol. The van der Waals surface area contributed by atoms with Crippen LogP contribution < -0.4 is 16.0 Å². The first-order valence-corrected chi connectivity index (χ1v) is 11.9. The maximum absolute atomic E-state index is 13.2. The second-order valence-corrected chi connectivity index (χ2v) is 8.24. The summed E-state index contributed by atoms with van der Waals surface area (Å²) in [6, 6.07) is 11.6. The highest BCUT2D eigenvalue weighted by Gasteiger charge is 2.25. The minimum absolute atomic E-state index is 0. The number of halogens is 4. The van der Waals surface area contributed by atoms with Crippen molar-refractivity contribution in [1.82, 2.24) is 5.32 Å². The summed E-state index contributed by atoms with van der Waals surface area (Å²) < 4.78 is 18.3. The quantitative estimate of drug-likeness (QED) is 0.302. The fraction of sp³-hybridized carbons (Fsp3) is 0.417. The lowest BCUT2D eigenvalue weighted by Gasteiger charge is -2.23. The Balaban J connectivity index is 0.00000578. The van der Waals surface area contributed by atoms with Crippen molar-refractivity contribution in [3.05, 3.63) is 65.5 Å². The molecule has 3 N–H and O–H groups in total. The zero-order valence-electron chi connectivity index (χ0n) is 19.0. The predicted octanol–water partition coefficient (Wildman–Crippen LogP) is 3.69. The van der Waals surface area contributed by atoms with Crippen LogP contribution in [0.15, 0.2) is 48.5 Å². The number of anilines is 1. The van der Waals surface area contributed by atoms with Gasteiger partial charge in [0.05, 0.1) is 12.6 Å². The molecular formula is C24H31Cl3FN3O3. The fourth-order valence-electron chi connectivity index (χ4n) is 3.33. The van der Waals surface area contributed by atoms with Gasteiger partial charge in [0.25, 0.3) is 0 Å². The van der Waals surface area contributed by atoms with Crippen LogP contribution in [0.25, 0.3) is 0 Å². The lowest BCUT2D eigenvalue weighted by molar-refractivity contribution is -0.147. The Morgan fingerprint density at radius 1 is 1.00 bits per heavy atom. The molecule has 6 nitrogen and oxygen atoms in total.